The average molecular weight is 347 g/mol. The van der Waals surface area contributed by atoms with Crippen molar-refractivity contribution in [1.29, 1.82) is 0 Å². The molecule has 0 aromatic heterocycles. The van der Waals surface area contributed by atoms with E-state index in [1.807, 2.05) is 31.2 Å². The van der Waals surface area contributed by atoms with Crippen LogP contribution in [-0.2, 0) is 16.0 Å². The maximum absolute atomic E-state index is 12.3. The summed E-state index contributed by atoms with van der Waals surface area (Å²) in [5, 5.41) is 14.7. The van der Waals surface area contributed by atoms with Crippen LogP contribution in [0.5, 0.6) is 0 Å². The van der Waals surface area contributed by atoms with E-state index in [1.165, 1.54) is 6.92 Å². The summed E-state index contributed by atoms with van der Waals surface area (Å²) in [6.07, 6.45) is 1.28. The molecule has 136 valence electrons. The van der Waals surface area contributed by atoms with Crippen molar-refractivity contribution in [3.05, 3.63) is 29.8 Å². The van der Waals surface area contributed by atoms with E-state index in [2.05, 4.69) is 10.6 Å². The Kier molecular flexibility index (Phi) is 6.38. The molecule has 25 heavy (non-hydrogen) atoms. The molecule has 1 aliphatic heterocycles. The van der Waals surface area contributed by atoms with Crippen molar-refractivity contribution in [2.45, 2.75) is 26.7 Å². The first kappa shape index (κ1) is 18.8. The standard InChI is InChI=1S/C18H25N3O4/c1-12-9-15(17(23)24)11-21(10-12)18(25)19-8-7-14-3-5-16(6-4-14)20-13(2)22/h3-6,12,15H,7-11H2,1-2H3,(H,19,25)(H,20,22)(H,23,24). The summed E-state index contributed by atoms with van der Waals surface area (Å²) < 4.78 is 0. The third-order valence-corrected chi connectivity index (χ3v) is 4.26. The van der Waals surface area contributed by atoms with Gasteiger partial charge in [0.15, 0.2) is 0 Å². The summed E-state index contributed by atoms with van der Waals surface area (Å²) in [4.78, 5) is 36.0. The Balaban J connectivity index is 1.79. The number of carboxylic acids is 1. The SMILES string of the molecule is CC(=O)Nc1ccc(CCNC(=O)N2CC(C)CC(C(=O)O)C2)cc1. The lowest BCUT2D eigenvalue weighted by Crippen LogP contribution is -2.49. The van der Waals surface area contributed by atoms with Crippen molar-refractivity contribution in [1.82, 2.24) is 10.2 Å². The number of rotatable bonds is 5. The Morgan fingerprint density at radius 2 is 1.88 bits per heavy atom. The summed E-state index contributed by atoms with van der Waals surface area (Å²) in [7, 11) is 0. The zero-order valence-corrected chi connectivity index (χ0v) is 14.6. The summed E-state index contributed by atoms with van der Waals surface area (Å²) >= 11 is 0. The van der Waals surface area contributed by atoms with Gasteiger partial charge in [0.25, 0.3) is 0 Å². The molecule has 1 fully saturated rings. The lowest BCUT2D eigenvalue weighted by Gasteiger charge is -2.34. The third kappa shape index (κ3) is 5.77. The summed E-state index contributed by atoms with van der Waals surface area (Å²) in [5.41, 5.74) is 1.78. The monoisotopic (exact) mass is 347 g/mol. The normalized spacial score (nSPS) is 20.0. The number of carboxylic acid groups (broad SMARTS) is 1. The van der Waals surface area contributed by atoms with Gasteiger partial charge in [0.1, 0.15) is 0 Å². The smallest absolute Gasteiger partial charge is 0.317 e. The van der Waals surface area contributed by atoms with E-state index >= 15 is 0 Å². The molecular weight excluding hydrogens is 322 g/mol. The largest absolute Gasteiger partial charge is 0.481 e. The van der Waals surface area contributed by atoms with E-state index < -0.39 is 11.9 Å². The second kappa shape index (κ2) is 8.50. The van der Waals surface area contributed by atoms with E-state index in [9.17, 15) is 19.5 Å². The van der Waals surface area contributed by atoms with Gasteiger partial charge in [-0.3, -0.25) is 9.59 Å². The van der Waals surface area contributed by atoms with Gasteiger partial charge in [-0.15, -0.1) is 0 Å². The number of nitrogens with zero attached hydrogens (tertiary/aromatic N) is 1. The van der Waals surface area contributed by atoms with Crippen LogP contribution in [-0.4, -0.2) is 47.5 Å². The highest BCUT2D eigenvalue weighted by molar-refractivity contribution is 5.88. The molecule has 0 radical (unpaired) electrons. The van der Waals surface area contributed by atoms with Crippen LogP contribution < -0.4 is 10.6 Å². The molecule has 7 heteroatoms. The highest BCUT2D eigenvalue weighted by Crippen LogP contribution is 2.21. The van der Waals surface area contributed by atoms with Gasteiger partial charge in [0.2, 0.25) is 5.91 Å². The molecule has 1 aromatic carbocycles. The van der Waals surface area contributed by atoms with Gasteiger partial charge >= 0.3 is 12.0 Å². The summed E-state index contributed by atoms with van der Waals surface area (Å²) in [6, 6.07) is 7.24. The first-order valence-electron chi connectivity index (χ1n) is 8.47. The van der Waals surface area contributed by atoms with Crippen LogP contribution in [0.3, 0.4) is 0 Å². The van der Waals surface area contributed by atoms with Crippen LogP contribution in [0.1, 0.15) is 25.8 Å². The van der Waals surface area contributed by atoms with E-state index in [0.29, 0.717) is 25.9 Å². The molecule has 1 heterocycles. The number of carbonyl (C=O) groups is 3. The fourth-order valence-electron chi connectivity index (χ4n) is 3.08. The van der Waals surface area contributed by atoms with Gasteiger partial charge in [-0.1, -0.05) is 19.1 Å². The molecule has 0 saturated carbocycles. The molecule has 7 nitrogen and oxygen atoms in total. The zero-order chi connectivity index (χ0) is 18.4. The lowest BCUT2D eigenvalue weighted by atomic mass is 9.91. The number of benzene rings is 1. The van der Waals surface area contributed by atoms with Crippen molar-refractivity contribution >= 4 is 23.6 Å². The van der Waals surface area contributed by atoms with E-state index in [1.54, 1.807) is 4.90 Å². The number of carbonyl (C=O) groups excluding carboxylic acids is 2. The number of likely N-dealkylation sites (tertiary alicyclic amines) is 1. The quantitative estimate of drug-likeness (QED) is 0.758. The second-order valence-electron chi connectivity index (χ2n) is 6.64. The number of amides is 3. The summed E-state index contributed by atoms with van der Waals surface area (Å²) in [5.74, 6) is -1.27. The molecule has 3 N–H and O–H groups in total. The fraction of sp³-hybridized carbons (Fsp3) is 0.500. The van der Waals surface area contributed by atoms with E-state index in [0.717, 1.165) is 11.3 Å². The number of piperidine rings is 1. The predicted molar refractivity (Wildman–Crippen MR) is 94.3 cm³/mol. The van der Waals surface area contributed by atoms with Gasteiger partial charge in [-0.05, 0) is 36.5 Å². The number of hydrogen-bond acceptors (Lipinski definition) is 3. The maximum atomic E-state index is 12.3. The van der Waals surface area contributed by atoms with Gasteiger partial charge in [0.05, 0.1) is 5.92 Å². The van der Waals surface area contributed by atoms with Crippen LogP contribution in [0, 0.1) is 11.8 Å². The van der Waals surface area contributed by atoms with E-state index in [4.69, 9.17) is 0 Å². The number of aliphatic carboxylic acids is 1. The van der Waals surface area contributed by atoms with Crippen molar-refractivity contribution in [2.75, 3.05) is 25.0 Å². The maximum Gasteiger partial charge on any atom is 0.317 e. The molecule has 2 atom stereocenters. The number of nitrogens with one attached hydrogen (secondary N) is 2. The van der Waals surface area contributed by atoms with Crippen molar-refractivity contribution in [2.24, 2.45) is 11.8 Å². The van der Waals surface area contributed by atoms with Crippen LogP contribution in [0.4, 0.5) is 10.5 Å². The predicted octanol–water partition coefficient (Wildman–Crippen LogP) is 1.94. The lowest BCUT2D eigenvalue weighted by molar-refractivity contribution is -0.143. The molecular formula is C18H25N3O4. The minimum Gasteiger partial charge on any atom is -0.481 e. The van der Waals surface area contributed by atoms with Crippen molar-refractivity contribution < 1.29 is 19.5 Å². The highest BCUT2D eigenvalue weighted by Gasteiger charge is 2.31. The van der Waals surface area contributed by atoms with Crippen molar-refractivity contribution in [3.8, 4) is 0 Å². The zero-order valence-electron chi connectivity index (χ0n) is 14.6. The van der Waals surface area contributed by atoms with Crippen LogP contribution in [0.15, 0.2) is 24.3 Å². The molecule has 0 aliphatic carbocycles. The summed E-state index contributed by atoms with van der Waals surface area (Å²) in [6.45, 7) is 4.74. The van der Waals surface area contributed by atoms with Gasteiger partial charge in [-0.2, -0.15) is 0 Å². The Labute approximate surface area is 147 Å². The van der Waals surface area contributed by atoms with Crippen LogP contribution >= 0.6 is 0 Å². The minimum absolute atomic E-state index is 0.115. The minimum atomic E-state index is -0.844. The molecule has 2 rings (SSSR count). The molecule has 0 spiro atoms. The molecule has 3 amide bonds. The Hall–Kier alpha value is -2.57. The van der Waals surface area contributed by atoms with Crippen molar-refractivity contribution in [3.63, 3.8) is 0 Å². The average Bonchev–Trinajstić information content (AvgIpc) is 2.55. The number of anilines is 1. The van der Waals surface area contributed by atoms with Crippen LogP contribution in [0.25, 0.3) is 0 Å². The van der Waals surface area contributed by atoms with Crippen LogP contribution in [0.2, 0.25) is 0 Å². The molecule has 2 unspecified atom stereocenters. The highest BCUT2D eigenvalue weighted by atomic mass is 16.4. The molecule has 0 bridgehead atoms. The topological polar surface area (TPSA) is 98.7 Å². The molecule has 1 aliphatic rings. The van der Waals surface area contributed by atoms with Gasteiger partial charge in [0, 0.05) is 32.2 Å². The number of urea groups is 1. The molecule has 1 saturated heterocycles. The molecule has 1 aromatic rings. The fourth-order valence-corrected chi connectivity index (χ4v) is 3.08. The third-order valence-electron chi connectivity index (χ3n) is 4.26. The Bertz CT molecular complexity index is 630. The van der Waals surface area contributed by atoms with Gasteiger partial charge < -0.3 is 20.6 Å². The number of hydrogen-bond donors (Lipinski definition) is 3. The van der Waals surface area contributed by atoms with E-state index in [-0.39, 0.29) is 24.4 Å². The second-order valence-corrected chi connectivity index (χ2v) is 6.64. The van der Waals surface area contributed by atoms with Gasteiger partial charge in [-0.25, -0.2) is 4.79 Å². The Morgan fingerprint density at radius 3 is 2.48 bits per heavy atom. The first-order valence-corrected chi connectivity index (χ1v) is 8.47. The Morgan fingerprint density at radius 1 is 1.20 bits per heavy atom. The first-order chi connectivity index (χ1) is 11.8.